The van der Waals surface area contributed by atoms with Gasteiger partial charge in [0.15, 0.2) is 10.8 Å². The molecule has 1 atom stereocenters. The first-order valence-corrected chi connectivity index (χ1v) is 10.3. The van der Waals surface area contributed by atoms with Crippen LogP contribution < -0.4 is 5.56 Å². The van der Waals surface area contributed by atoms with Crippen LogP contribution in [-0.2, 0) is 4.79 Å². The molecule has 0 spiro atoms. The molecule has 2 aliphatic heterocycles. The minimum atomic E-state index is -0.338. The molecule has 1 aromatic carbocycles. The topological polar surface area (TPSA) is 73.0 Å². The molecule has 144 valence electrons. The molecule has 1 fully saturated rings. The van der Waals surface area contributed by atoms with Crippen LogP contribution in [0.4, 0.5) is 4.39 Å². The molecule has 5 rings (SSSR count). The maximum Gasteiger partial charge on any atom is 0.265 e. The Morgan fingerprint density at radius 2 is 1.96 bits per heavy atom. The van der Waals surface area contributed by atoms with Gasteiger partial charge in [0.25, 0.3) is 5.56 Å². The molecule has 3 aromatic rings. The lowest BCUT2D eigenvalue weighted by atomic mass is 10.2. The molecule has 0 bridgehead atoms. The average molecular weight is 399 g/mol. The molecule has 2 aromatic heterocycles. The molecule has 0 unspecified atom stereocenters. The summed E-state index contributed by atoms with van der Waals surface area (Å²) in [6.45, 7) is 1.62. The largest absolute Gasteiger partial charge is 0.343 e. The maximum absolute atomic E-state index is 13.2. The van der Waals surface area contributed by atoms with Gasteiger partial charge in [0.05, 0.1) is 17.9 Å². The molecule has 7 nitrogen and oxygen atoms in total. The summed E-state index contributed by atoms with van der Waals surface area (Å²) < 4.78 is 16.4. The number of carbonyl (C=O) groups is 1. The Balaban J connectivity index is 1.52. The van der Waals surface area contributed by atoms with Gasteiger partial charge in [-0.1, -0.05) is 11.8 Å². The Morgan fingerprint density at radius 1 is 1.21 bits per heavy atom. The van der Waals surface area contributed by atoms with Crippen LogP contribution in [0.5, 0.6) is 0 Å². The number of carbonyl (C=O) groups excluding carboxylic acids is 1. The Labute approximate surface area is 164 Å². The van der Waals surface area contributed by atoms with Gasteiger partial charge in [-0.15, -0.1) is 0 Å². The molecule has 0 saturated carbocycles. The lowest BCUT2D eigenvalue weighted by Gasteiger charge is -2.19. The number of benzene rings is 1. The molecular formula is C19H18FN5O2S. The fourth-order valence-corrected chi connectivity index (χ4v) is 4.98. The van der Waals surface area contributed by atoms with E-state index in [2.05, 4.69) is 10.1 Å². The van der Waals surface area contributed by atoms with Crippen molar-refractivity contribution in [1.82, 2.24) is 24.2 Å². The first kappa shape index (κ1) is 17.4. The molecule has 4 heterocycles. The van der Waals surface area contributed by atoms with E-state index in [1.165, 1.54) is 30.1 Å². The zero-order chi connectivity index (χ0) is 19.3. The van der Waals surface area contributed by atoms with E-state index in [9.17, 15) is 14.0 Å². The highest BCUT2D eigenvalue weighted by Crippen LogP contribution is 2.34. The monoisotopic (exact) mass is 399 g/mol. The van der Waals surface area contributed by atoms with Crippen LogP contribution in [0.25, 0.3) is 16.7 Å². The molecule has 1 amide bonds. The van der Waals surface area contributed by atoms with Gasteiger partial charge >= 0.3 is 0 Å². The summed E-state index contributed by atoms with van der Waals surface area (Å²) in [5, 5.41) is 5.27. The number of halogens is 1. The fraction of sp³-hybridized carbons (Fsp3) is 0.368. The van der Waals surface area contributed by atoms with Crippen molar-refractivity contribution < 1.29 is 9.18 Å². The van der Waals surface area contributed by atoms with Gasteiger partial charge in [-0.3, -0.25) is 14.2 Å². The lowest BCUT2D eigenvalue weighted by Crippen LogP contribution is -2.32. The number of aromatic nitrogens is 4. The second kappa shape index (κ2) is 6.73. The number of nitrogens with zero attached hydrogens (tertiary/aromatic N) is 5. The summed E-state index contributed by atoms with van der Waals surface area (Å²) in [7, 11) is 0. The van der Waals surface area contributed by atoms with E-state index >= 15 is 0 Å². The molecule has 9 heteroatoms. The van der Waals surface area contributed by atoms with Crippen LogP contribution in [0.1, 0.15) is 25.3 Å². The van der Waals surface area contributed by atoms with E-state index in [4.69, 9.17) is 0 Å². The Morgan fingerprint density at radius 3 is 2.71 bits per heavy atom. The van der Waals surface area contributed by atoms with Crippen LogP contribution in [0.3, 0.4) is 0 Å². The zero-order valence-corrected chi connectivity index (χ0v) is 15.9. The van der Waals surface area contributed by atoms with Crippen molar-refractivity contribution in [2.45, 2.75) is 30.5 Å². The van der Waals surface area contributed by atoms with E-state index in [0.717, 1.165) is 25.9 Å². The first-order chi connectivity index (χ1) is 13.6. The average Bonchev–Trinajstić information content (AvgIpc) is 3.42. The summed E-state index contributed by atoms with van der Waals surface area (Å²) in [5.41, 5.74) is 0.900. The van der Waals surface area contributed by atoms with E-state index in [1.54, 1.807) is 21.4 Å². The van der Waals surface area contributed by atoms with E-state index in [0.29, 0.717) is 34.1 Å². The second-order valence-corrected chi connectivity index (χ2v) is 8.08. The summed E-state index contributed by atoms with van der Waals surface area (Å²) >= 11 is 1.48. The Kier molecular flexibility index (Phi) is 4.19. The highest BCUT2D eigenvalue weighted by atomic mass is 32.2. The van der Waals surface area contributed by atoms with Crippen LogP contribution in [-0.4, -0.2) is 49.0 Å². The number of thioether (sulfide) groups is 1. The summed E-state index contributed by atoms with van der Waals surface area (Å²) in [6.07, 6.45) is 3.90. The van der Waals surface area contributed by atoms with Crippen molar-refractivity contribution >= 4 is 28.7 Å². The van der Waals surface area contributed by atoms with Gasteiger partial charge in [-0.2, -0.15) is 5.10 Å². The first-order valence-electron chi connectivity index (χ1n) is 9.28. The van der Waals surface area contributed by atoms with Gasteiger partial charge in [0, 0.05) is 25.3 Å². The minimum Gasteiger partial charge on any atom is -0.343 e. The number of hydrogen-bond donors (Lipinski definition) is 0. The van der Waals surface area contributed by atoms with E-state index < -0.39 is 0 Å². The Bertz CT molecular complexity index is 1120. The maximum atomic E-state index is 13.2. The standard InChI is InChI=1S/C19H18FN5O2S/c20-12-3-5-13(6-4-12)25-17-15(10-21-25)18(27)24-14(11-28-19(24)22-17)9-16(26)23-7-1-2-8-23/h3-6,10,14H,1-2,7-9,11H2/t14-/m0/s1. The fourth-order valence-electron chi connectivity index (χ4n) is 3.85. The number of rotatable bonds is 3. The smallest absolute Gasteiger partial charge is 0.265 e. The van der Waals surface area contributed by atoms with Gasteiger partial charge in [-0.25, -0.2) is 14.1 Å². The van der Waals surface area contributed by atoms with Crippen LogP contribution in [0, 0.1) is 5.82 Å². The number of fused-ring (bicyclic) bond motifs is 2. The SMILES string of the molecule is O=C(C[C@H]1CSc2nc3c(cnn3-c3ccc(F)cc3)c(=O)n21)N1CCCC1. The van der Waals surface area contributed by atoms with E-state index in [-0.39, 0.29) is 23.3 Å². The molecule has 0 N–H and O–H groups in total. The predicted octanol–water partition coefficient (Wildman–Crippen LogP) is 2.38. The summed E-state index contributed by atoms with van der Waals surface area (Å²) in [5.74, 6) is 0.415. The van der Waals surface area contributed by atoms with Crippen molar-refractivity contribution in [3.05, 3.63) is 46.6 Å². The summed E-state index contributed by atoms with van der Waals surface area (Å²) in [6, 6.07) is 5.69. The molecule has 2 aliphatic rings. The molecule has 28 heavy (non-hydrogen) atoms. The number of amides is 1. The highest BCUT2D eigenvalue weighted by molar-refractivity contribution is 7.99. The predicted molar refractivity (Wildman–Crippen MR) is 103 cm³/mol. The number of hydrogen-bond acceptors (Lipinski definition) is 5. The van der Waals surface area contributed by atoms with Crippen molar-refractivity contribution in [1.29, 1.82) is 0 Å². The quantitative estimate of drug-likeness (QED) is 0.633. The van der Waals surface area contributed by atoms with E-state index in [1.807, 2.05) is 4.90 Å². The van der Waals surface area contributed by atoms with Crippen LogP contribution in [0.2, 0.25) is 0 Å². The molecule has 1 saturated heterocycles. The van der Waals surface area contributed by atoms with Gasteiger partial charge in [0.1, 0.15) is 11.2 Å². The summed E-state index contributed by atoms with van der Waals surface area (Å²) in [4.78, 5) is 32.2. The van der Waals surface area contributed by atoms with Crippen LogP contribution >= 0.6 is 11.8 Å². The molecule has 0 aliphatic carbocycles. The zero-order valence-electron chi connectivity index (χ0n) is 15.0. The normalized spacial score (nSPS) is 18.8. The van der Waals surface area contributed by atoms with Crippen molar-refractivity contribution in [3.63, 3.8) is 0 Å². The van der Waals surface area contributed by atoms with Crippen LogP contribution in [0.15, 0.2) is 40.4 Å². The minimum absolute atomic E-state index is 0.102. The van der Waals surface area contributed by atoms with Crippen molar-refractivity contribution in [2.75, 3.05) is 18.8 Å². The molecule has 0 radical (unpaired) electrons. The lowest BCUT2D eigenvalue weighted by molar-refractivity contribution is -0.130. The van der Waals surface area contributed by atoms with Crippen molar-refractivity contribution in [3.8, 4) is 5.69 Å². The van der Waals surface area contributed by atoms with Gasteiger partial charge in [0.2, 0.25) is 5.91 Å². The third-order valence-electron chi connectivity index (χ3n) is 5.31. The van der Waals surface area contributed by atoms with Crippen molar-refractivity contribution in [2.24, 2.45) is 0 Å². The third kappa shape index (κ3) is 2.81. The number of likely N-dealkylation sites (tertiary alicyclic amines) is 1. The second-order valence-electron chi connectivity index (χ2n) is 7.10. The molecular weight excluding hydrogens is 381 g/mol. The Hall–Kier alpha value is -2.68. The third-order valence-corrected chi connectivity index (χ3v) is 6.41. The highest BCUT2D eigenvalue weighted by Gasteiger charge is 2.31. The van der Waals surface area contributed by atoms with Gasteiger partial charge < -0.3 is 4.90 Å². The van der Waals surface area contributed by atoms with Gasteiger partial charge in [-0.05, 0) is 37.1 Å².